The van der Waals surface area contributed by atoms with Crippen molar-refractivity contribution in [2.24, 2.45) is 5.92 Å². The van der Waals surface area contributed by atoms with Gasteiger partial charge >= 0.3 is 6.03 Å². The maximum Gasteiger partial charge on any atom is 0.319 e. The Morgan fingerprint density at radius 1 is 0.875 bits per heavy atom. The van der Waals surface area contributed by atoms with Crippen LogP contribution in [0.3, 0.4) is 0 Å². The molecule has 0 radical (unpaired) electrons. The van der Waals surface area contributed by atoms with E-state index in [0.717, 1.165) is 19.3 Å². The summed E-state index contributed by atoms with van der Waals surface area (Å²) in [7, 11) is -3.63. The van der Waals surface area contributed by atoms with Crippen molar-refractivity contribution in [1.29, 1.82) is 0 Å². The molecule has 3 amide bonds. The first-order valence-corrected chi connectivity index (χ1v) is 15.4. The van der Waals surface area contributed by atoms with Gasteiger partial charge in [-0.3, -0.25) is 4.79 Å². The number of rotatable bonds is 7. The standard InChI is InChI=1S/C29H30Cl2N4O4S/c30-25-11-8-23(19-26(25)31)35-17-14-27(28(35)36)33-29(37)32-22-6-9-24(10-7-22)40(38,39)34-15-12-21(13-16-34)18-20-4-2-1-3-5-20/h1-11,19,21,27H,12-18H2,(H2,32,33,37). The van der Waals surface area contributed by atoms with Crippen LogP contribution < -0.4 is 15.5 Å². The predicted octanol–water partition coefficient (Wildman–Crippen LogP) is 5.56. The van der Waals surface area contributed by atoms with Crippen LogP contribution in [0, 0.1) is 5.92 Å². The van der Waals surface area contributed by atoms with Crippen LogP contribution in [0.25, 0.3) is 0 Å². The minimum absolute atomic E-state index is 0.184. The van der Waals surface area contributed by atoms with Gasteiger partial charge in [-0.2, -0.15) is 4.31 Å². The number of halogens is 2. The SMILES string of the molecule is O=C(Nc1ccc(S(=O)(=O)N2CCC(Cc3ccccc3)CC2)cc1)NC1CCN(c2ccc(Cl)c(Cl)c2)C1=O. The summed E-state index contributed by atoms with van der Waals surface area (Å²) in [4.78, 5) is 27.2. The number of amides is 3. The Morgan fingerprint density at radius 3 is 2.25 bits per heavy atom. The molecule has 2 aliphatic heterocycles. The lowest BCUT2D eigenvalue weighted by atomic mass is 9.91. The van der Waals surface area contributed by atoms with Crippen molar-refractivity contribution in [3.8, 4) is 0 Å². The zero-order valence-corrected chi connectivity index (χ0v) is 24.1. The molecule has 11 heteroatoms. The average molecular weight is 602 g/mol. The summed E-state index contributed by atoms with van der Waals surface area (Å²) in [5, 5.41) is 6.12. The number of sulfonamides is 1. The smallest absolute Gasteiger partial charge is 0.319 e. The number of piperidine rings is 1. The van der Waals surface area contributed by atoms with E-state index in [2.05, 4.69) is 22.8 Å². The molecule has 210 valence electrons. The third-order valence-electron chi connectivity index (χ3n) is 7.42. The first-order valence-electron chi connectivity index (χ1n) is 13.2. The predicted molar refractivity (Wildman–Crippen MR) is 157 cm³/mol. The molecule has 3 aromatic carbocycles. The van der Waals surface area contributed by atoms with Gasteiger partial charge in [-0.15, -0.1) is 0 Å². The highest BCUT2D eigenvalue weighted by molar-refractivity contribution is 7.89. The van der Waals surface area contributed by atoms with Crippen molar-refractivity contribution in [3.05, 3.63) is 88.4 Å². The molecule has 3 aromatic rings. The highest BCUT2D eigenvalue weighted by Gasteiger charge is 2.34. The van der Waals surface area contributed by atoms with Crippen LogP contribution in [0.4, 0.5) is 16.2 Å². The molecular weight excluding hydrogens is 571 g/mol. The van der Waals surface area contributed by atoms with Gasteiger partial charge in [-0.05, 0) is 79.6 Å². The normalized spacial score (nSPS) is 18.6. The fourth-order valence-corrected chi connectivity index (χ4v) is 6.97. The molecule has 0 saturated carbocycles. The molecule has 40 heavy (non-hydrogen) atoms. The van der Waals surface area contributed by atoms with E-state index in [1.54, 1.807) is 35.2 Å². The minimum atomic E-state index is -3.63. The van der Waals surface area contributed by atoms with Crippen LogP contribution >= 0.6 is 23.2 Å². The second-order valence-corrected chi connectivity index (χ2v) is 12.8. The van der Waals surface area contributed by atoms with Crippen LogP contribution in [0.5, 0.6) is 0 Å². The molecule has 1 unspecified atom stereocenters. The number of hydrogen-bond donors (Lipinski definition) is 2. The lowest BCUT2D eigenvalue weighted by molar-refractivity contribution is -0.118. The van der Waals surface area contributed by atoms with Gasteiger partial charge < -0.3 is 15.5 Å². The van der Waals surface area contributed by atoms with Gasteiger partial charge in [0.25, 0.3) is 0 Å². The van der Waals surface area contributed by atoms with E-state index >= 15 is 0 Å². The Hall–Kier alpha value is -3.11. The van der Waals surface area contributed by atoms with Gasteiger partial charge in [0.2, 0.25) is 15.9 Å². The van der Waals surface area contributed by atoms with Gasteiger partial charge in [-0.25, -0.2) is 13.2 Å². The summed E-state index contributed by atoms with van der Waals surface area (Å²) in [5.41, 5.74) is 2.31. The summed E-state index contributed by atoms with van der Waals surface area (Å²) in [5.74, 6) is 0.212. The van der Waals surface area contributed by atoms with E-state index in [0.29, 0.717) is 53.4 Å². The quantitative estimate of drug-likeness (QED) is 0.370. The van der Waals surface area contributed by atoms with Gasteiger partial charge in [0.15, 0.2) is 0 Å². The summed E-state index contributed by atoms with van der Waals surface area (Å²) in [6.45, 7) is 1.39. The molecule has 0 bridgehead atoms. The number of anilines is 2. The molecule has 1 atom stereocenters. The average Bonchev–Trinajstić information content (AvgIpc) is 3.31. The molecule has 2 saturated heterocycles. The van der Waals surface area contributed by atoms with Crippen molar-refractivity contribution in [3.63, 3.8) is 0 Å². The lowest BCUT2D eigenvalue weighted by Crippen LogP contribution is -2.43. The van der Waals surface area contributed by atoms with Crippen molar-refractivity contribution in [1.82, 2.24) is 9.62 Å². The van der Waals surface area contributed by atoms with Crippen molar-refractivity contribution in [2.75, 3.05) is 29.9 Å². The molecule has 2 N–H and O–H groups in total. The Morgan fingerprint density at radius 2 is 1.57 bits per heavy atom. The Kier molecular flexibility index (Phi) is 8.65. The maximum atomic E-state index is 13.2. The topological polar surface area (TPSA) is 98.8 Å². The maximum absolute atomic E-state index is 13.2. The molecule has 0 aliphatic carbocycles. The molecule has 0 spiro atoms. The van der Waals surface area contributed by atoms with E-state index < -0.39 is 22.1 Å². The monoisotopic (exact) mass is 600 g/mol. The van der Waals surface area contributed by atoms with Crippen molar-refractivity contribution < 1.29 is 18.0 Å². The van der Waals surface area contributed by atoms with Gasteiger partial charge in [0.1, 0.15) is 6.04 Å². The molecule has 8 nitrogen and oxygen atoms in total. The molecule has 0 aromatic heterocycles. The van der Waals surface area contributed by atoms with E-state index in [1.165, 1.54) is 22.0 Å². The minimum Gasteiger partial charge on any atom is -0.326 e. The number of carbonyl (C=O) groups excluding carboxylic acids is 2. The summed E-state index contributed by atoms with van der Waals surface area (Å²) < 4.78 is 28.0. The molecule has 2 aliphatic rings. The van der Waals surface area contributed by atoms with Crippen LogP contribution in [0.15, 0.2) is 77.7 Å². The van der Waals surface area contributed by atoms with E-state index in [1.807, 2.05) is 18.2 Å². The zero-order chi connectivity index (χ0) is 28.3. The van der Waals surface area contributed by atoms with Crippen LogP contribution in [-0.2, 0) is 21.2 Å². The fourth-order valence-electron chi connectivity index (χ4n) is 5.21. The molecule has 2 heterocycles. The third kappa shape index (κ3) is 6.44. The van der Waals surface area contributed by atoms with Crippen LogP contribution in [-0.4, -0.2) is 50.3 Å². The summed E-state index contributed by atoms with van der Waals surface area (Å²) in [6, 6.07) is 20.1. The zero-order valence-electron chi connectivity index (χ0n) is 21.7. The van der Waals surface area contributed by atoms with Gasteiger partial charge in [-0.1, -0.05) is 53.5 Å². The lowest BCUT2D eigenvalue weighted by Gasteiger charge is -2.31. The van der Waals surface area contributed by atoms with E-state index in [-0.39, 0.29) is 10.8 Å². The molecule has 2 fully saturated rings. The molecule has 5 rings (SSSR count). The Labute approximate surface area is 244 Å². The largest absolute Gasteiger partial charge is 0.326 e. The third-order valence-corrected chi connectivity index (χ3v) is 10.1. The van der Waals surface area contributed by atoms with Gasteiger partial charge in [0.05, 0.1) is 14.9 Å². The number of nitrogens with one attached hydrogen (secondary N) is 2. The number of urea groups is 1. The first-order chi connectivity index (χ1) is 19.2. The first kappa shape index (κ1) is 28.4. The Balaban J connectivity index is 1.13. The van der Waals surface area contributed by atoms with E-state index in [4.69, 9.17) is 23.2 Å². The number of carbonyl (C=O) groups is 2. The number of nitrogens with zero attached hydrogens (tertiary/aromatic N) is 2. The second-order valence-electron chi connectivity index (χ2n) is 10.1. The van der Waals surface area contributed by atoms with Gasteiger partial charge in [0, 0.05) is 31.0 Å². The molecular formula is C29H30Cl2N4O4S. The number of hydrogen-bond acceptors (Lipinski definition) is 4. The highest BCUT2D eigenvalue weighted by Crippen LogP contribution is 2.30. The summed E-state index contributed by atoms with van der Waals surface area (Å²) >= 11 is 12.0. The summed E-state index contributed by atoms with van der Waals surface area (Å²) in [6.07, 6.45) is 3.02. The van der Waals surface area contributed by atoms with Crippen LogP contribution in [0.2, 0.25) is 10.0 Å². The fraction of sp³-hybridized carbons (Fsp3) is 0.310. The Bertz CT molecular complexity index is 1480. The second kappa shape index (κ2) is 12.2. The van der Waals surface area contributed by atoms with E-state index in [9.17, 15) is 18.0 Å². The van der Waals surface area contributed by atoms with Crippen molar-refractivity contribution >= 4 is 56.5 Å². The van der Waals surface area contributed by atoms with Crippen LogP contribution in [0.1, 0.15) is 24.8 Å². The van der Waals surface area contributed by atoms with Crippen molar-refractivity contribution in [2.45, 2.75) is 36.6 Å². The number of benzene rings is 3. The highest BCUT2D eigenvalue weighted by atomic mass is 35.5.